The fourth-order valence-electron chi connectivity index (χ4n) is 5.03. The molecule has 0 radical (unpaired) electrons. The fourth-order valence-corrected chi connectivity index (χ4v) is 6.25. The minimum absolute atomic E-state index is 0.0534. The number of rotatable bonds is 6. The van der Waals surface area contributed by atoms with Gasteiger partial charge >= 0.3 is 0 Å². The summed E-state index contributed by atoms with van der Waals surface area (Å²) in [6.45, 7) is 6.51. The van der Waals surface area contributed by atoms with Crippen molar-refractivity contribution in [2.24, 2.45) is 0 Å². The van der Waals surface area contributed by atoms with Crippen LogP contribution in [-0.2, 0) is 19.7 Å². The van der Waals surface area contributed by atoms with Crippen LogP contribution in [0.1, 0.15) is 55.7 Å². The number of nitrogens with zero attached hydrogens (tertiary/aromatic N) is 3. The summed E-state index contributed by atoms with van der Waals surface area (Å²) in [4.78, 5) is 28.1. The molecule has 0 saturated carbocycles. The minimum atomic E-state index is -0.743. The molecule has 0 bridgehead atoms. The molecule has 1 fully saturated rings. The number of carbonyl (C=O) groups excluding carboxylic acids is 2. The van der Waals surface area contributed by atoms with E-state index in [0.717, 1.165) is 18.9 Å². The van der Waals surface area contributed by atoms with E-state index in [1.54, 1.807) is 0 Å². The zero-order valence-corrected chi connectivity index (χ0v) is 23.4. The van der Waals surface area contributed by atoms with Crippen molar-refractivity contribution in [1.29, 1.82) is 0 Å². The van der Waals surface area contributed by atoms with Gasteiger partial charge in [-0.1, -0.05) is 26.8 Å². The van der Waals surface area contributed by atoms with Crippen LogP contribution in [0.4, 0.5) is 19.0 Å². The first-order valence-electron chi connectivity index (χ1n) is 13.2. The predicted octanol–water partition coefficient (Wildman–Crippen LogP) is 5.05. The number of fused-ring (bicyclic) bond motifs is 1. The molecule has 7 nitrogen and oxygen atoms in total. The molecule has 5 rings (SSSR count). The number of nitrogens with one attached hydrogen (secondary N) is 1. The third-order valence-corrected chi connectivity index (χ3v) is 8.20. The molecule has 0 aliphatic carbocycles. The van der Waals surface area contributed by atoms with Gasteiger partial charge in [0.05, 0.1) is 28.5 Å². The fraction of sp³-hybridized carbons (Fsp3) is 0.414. The van der Waals surface area contributed by atoms with Crippen molar-refractivity contribution in [2.75, 3.05) is 30.3 Å². The van der Waals surface area contributed by atoms with E-state index < -0.39 is 28.1 Å². The van der Waals surface area contributed by atoms with Gasteiger partial charge < -0.3 is 10.1 Å². The highest BCUT2D eigenvalue weighted by Crippen LogP contribution is 2.49. The van der Waals surface area contributed by atoms with Crippen molar-refractivity contribution >= 4 is 29.4 Å². The molecule has 40 heavy (non-hydrogen) atoms. The standard InChI is InChI=1S/C29H31F3N4O3S/c1-29(2,3)27-25-26(21-11-8-18(31)13-22(21)32)40-16-24(38)35(15-23(37)33-14-20-5-4-12-39-20)28(25)36(34-27)19-9-6-17(30)7-10-19/h6-11,13,20,26H,4-5,12,14-16H2,1-3H3,(H,33,37)/t20-,26+/m0/s1. The summed E-state index contributed by atoms with van der Waals surface area (Å²) >= 11 is 1.20. The Balaban J connectivity index is 1.66. The lowest BCUT2D eigenvalue weighted by Gasteiger charge is -2.25. The van der Waals surface area contributed by atoms with Crippen LogP contribution in [0.2, 0.25) is 0 Å². The number of halogens is 3. The van der Waals surface area contributed by atoms with Crippen LogP contribution in [0.15, 0.2) is 42.5 Å². The molecule has 2 amide bonds. The zero-order chi connectivity index (χ0) is 28.6. The lowest BCUT2D eigenvalue weighted by atomic mass is 9.87. The van der Waals surface area contributed by atoms with E-state index in [4.69, 9.17) is 9.84 Å². The number of benzene rings is 2. The first-order chi connectivity index (χ1) is 19.0. The van der Waals surface area contributed by atoms with Gasteiger partial charge in [-0.2, -0.15) is 5.10 Å². The minimum Gasteiger partial charge on any atom is -0.376 e. The second-order valence-electron chi connectivity index (χ2n) is 11.0. The Morgan fingerprint density at radius 3 is 2.50 bits per heavy atom. The number of anilines is 1. The second kappa shape index (κ2) is 11.3. The van der Waals surface area contributed by atoms with Gasteiger partial charge in [-0.05, 0) is 43.2 Å². The smallest absolute Gasteiger partial charge is 0.240 e. The molecule has 0 unspecified atom stereocenters. The Morgan fingerprint density at radius 2 is 1.85 bits per heavy atom. The quantitative estimate of drug-likeness (QED) is 0.448. The van der Waals surface area contributed by atoms with Crippen LogP contribution >= 0.6 is 11.8 Å². The summed E-state index contributed by atoms with van der Waals surface area (Å²) < 4.78 is 50.0. The molecule has 2 aliphatic heterocycles. The molecule has 2 aromatic carbocycles. The van der Waals surface area contributed by atoms with Crippen LogP contribution in [0, 0.1) is 17.5 Å². The number of amides is 2. The molecular formula is C29H31F3N4O3S. The van der Waals surface area contributed by atoms with E-state index in [0.29, 0.717) is 35.9 Å². The maximum Gasteiger partial charge on any atom is 0.240 e. The molecule has 3 heterocycles. The molecule has 1 aromatic heterocycles. The lowest BCUT2D eigenvalue weighted by molar-refractivity contribution is -0.123. The number of aromatic nitrogens is 2. The van der Waals surface area contributed by atoms with Gasteiger partial charge in [-0.3, -0.25) is 14.5 Å². The van der Waals surface area contributed by atoms with Crippen molar-refractivity contribution in [2.45, 2.75) is 50.4 Å². The third kappa shape index (κ3) is 5.76. The van der Waals surface area contributed by atoms with Gasteiger partial charge in [0.25, 0.3) is 0 Å². The van der Waals surface area contributed by atoms with Gasteiger partial charge in [0.15, 0.2) is 0 Å². The van der Waals surface area contributed by atoms with Crippen LogP contribution in [0.3, 0.4) is 0 Å². The Bertz CT molecular complexity index is 1420. The highest BCUT2D eigenvalue weighted by Gasteiger charge is 2.40. The summed E-state index contributed by atoms with van der Waals surface area (Å²) in [5, 5.41) is 7.01. The lowest BCUT2D eigenvalue weighted by Crippen LogP contribution is -2.44. The number of hydrogen-bond acceptors (Lipinski definition) is 5. The van der Waals surface area contributed by atoms with Crippen molar-refractivity contribution in [3.05, 3.63) is 76.7 Å². The number of carbonyl (C=O) groups is 2. The van der Waals surface area contributed by atoms with E-state index in [9.17, 15) is 18.4 Å². The molecule has 3 aromatic rings. The van der Waals surface area contributed by atoms with E-state index in [1.165, 1.54) is 57.7 Å². The summed E-state index contributed by atoms with van der Waals surface area (Å²) in [7, 11) is 0. The van der Waals surface area contributed by atoms with Crippen LogP contribution in [0.25, 0.3) is 5.69 Å². The van der Waals surface area contributed by atoms with Crippen molar-refractivity contribution in [3.8, 4) is 5.69 Å². The second-order valence-corrected chi connectivity index (χ2v) is 12.1. The van der Waals surface area contributed by atoms with Crippen molar-refractivity contribution in [1.82, 2.24) is 15.1 Å². The maximum absolute atomic E-state index is 15.2. The van der Waals surface area contributed by atoms with Gasteiger partial charge in [0, 0.05) is 35.8 Å². The zero-order valence-electron chi connectivity index (χ0n) is 22.5. The highest BCUT2D eigenvalue weighted by atomic mass is 32.2. The monoisotopic (exact) mass is 572 g/mol. The first kappa shape index (κ1) is 28.2. The predicted molar refractivity (Wildman–Crippen MR) is 147 cm³/mol. The molecule has 1 N–H and O–H groups in total. The summed E-state index contributed by atoms with van der Waals surface area (Å²) in [5.41, 5.74) is 1.23. The SMILES string of the molecule is CC(C)(C)c1nn(-c2ccc(F)cc2)c2c1[C@@H](c1ccc(F)cc1F)SCC(=O)N2CC(=O)NC[C@@H]1CCCO1. The Morgan fingerprint density at radius 1 is 1.12 bits per heavy atom. The van der Waals surface area contributed by atoms with Gasteiger partial charge in [0.2, 0.25) is 11.8 Å². The average molecular weight is 573 g/mol. The van der Waals surface area contributed by atoms with E-state index in [-0.39, 0.29) is 35.8 Å². The largest absolute Gasteiger partial charge is 0.376 e. The Labute approximate surface area is 235 Å². The summed E-state index contributed by atoms with van der Waals surface area (Å²) in [6, 6.07) is 9.00. The average Bonchev–Trinajstić information content (AvgIpc) is 3.53. The molecular weight excluding hydrogens is 541 g/mol. The van der Waals surface area contributed by atoms with Gasteiger partial charge in [0.1, 0.15) is 29.8 Å². The number of thioether (sulfide) groups is 1. The van der Waals surface area contributed by atoms with E-state index in [1.807, 2.05) is 20.8 Å². The van der Waals surface area contributed by atoms with Crippen molar-refractivity contribution < 1.29 is 27.5 Å². The summed E-state index contributed by atoms with van der Waals surface area (Å²) in [5.74, 6) is -2.40. The van der Waals surface area contributed by atoms with Crippen molar-refractivity contribution in [3.63, 3.8) is 0 Å². The molecule has 0 spiro atoms. The van der Waals surface area contributed by atoms with Crippen LogP contribution in [-0.4, -0.2) is 53.1 Å². The molecule has 212 valence electrons. The van der Waals surface area contributed by atoms with E-state index in [2.05, 4.69) is 5.32 Å². The summed E-state index contributed by atoms with van der Waals surface area (Å²) in [6.07, 6.45) is 1.71. The Hall–Kier alpha value is -3.31. The molecule has 2 atom stereocenters. The number of hydrogen-bond donors (Lipinski definition) is 1. The van der Waals surface area contributed by atoms with Gasteiger partial charge in [-0.25, -0.2) is 17.9 Å². The first-order valence-corrected chi connectivity index (χ1v) is 14.2. The molecule has 2 aliphatic rings. The van der Waals surface area contributed by atoms with Crippen LogP contribution in [0.5, 0.6) is 0 Å². The number of ether oxygens (including phenoxy) is 1. The van der Waals surface area contributed by atoms with Crippen LogP contribution < -0.4 is 10.2 Å². The van der Waals surface area contributed by atoms with E-state index >= 15 is 4.39 Å². The molecule has 11 heteroatoms. The maximum atomic E-state index is 15.2. The molecule has 1 saturated heterocycles. The Kier molecular flexibility index (Phi) is 7.96. The normalized spacial score (nSPS) is 19.4. The van der Waals surface area contributed by atoms with Gasteiger partial charge in [-0.15, -0.1) is 11.8 Å². The highest BCUT2D eigenvalue weighted by molar-refractivity contribution is 8.00. The third-order valence-electron chi connectivity index (χ3n) is 6.97. The topological polar surface area (TPSA) is 76.5 Å².